The van der Waals surface area contributed by atoms with Gasteiger partial charge in [-0.3, -0.25) is 29.0 Å². The molecular weight excluding hydrogens is 502 g/mol. The van der Waals surface area contributed by atoms with Crippen LogP contribution in [0.4, 0.5) is 0 Å². The molecule has 1 aromatic rings. The Kier molecular flexibility index (Phi) is 13.0. The number of carbonyl (C=O) groups excluding carboxylic acids is 3. The van der Waals surface area contributed by atoms with Crippen molar-refractivity contribution in [3.63, 3.8) is 0 Å². The second-order valence-electron chi connectivity index (χ2n) is 8.55. The summed E-state index contributed by atoms with van der Waals surface area (Å²) in [5, 5.41) is 34.7. The molecule has 0 saturated heterocycles. The van der Waals surface area contributed by atoms with E-state index in [1.54, 1.807) is 0 Å². The van der Waals surface area contributed by atoms with Crippen LogP contribution in [-0.2, 0) is 30.4 Å². The fourth-order valence-electron chi connectivity index (χ4n) is 3.19. The van der Waals surface area contributed by atoms with Gasteiger partial charge in [-0.05, 0) is 43.9 Å². The zero-order valence-corrected chi connectivity index (χ0v) is 20.9. The van der Waals surface area contributed by atoms with E-state index in [0.29, 0.717) is 5.56 Å². The van der Waals surface area contributed by atoms with E-state index in [9.17, 15) is 29.1 Å². The molecule has 0 radical (unpaired) electrons. The number of amides is 3. The van der Waals surface area contributed by atoms with Crippen molar-refractivity contribution in [3.05, 3.63) is 29.8 Å². The minimum Gasteiger partial charge on any atom is -0.508 e. The number of hydrogen-bond acceptors (Lipinski definition) is 8. The number of phenols is 1. The van der Waals surface area contributed by atoms with Gasteiger partial charge in [0.2, 0.25) is 17.7 Å². The summed E-state index contributed by atoms with van der Waals surface area (Å²) in [6, 6.07) is 0.937. The lowest BCUT2D eigenvalue weighted by Gasteiger charge is -2.25. The largest absolute Gasteiger partial charge is 0.508 e. The first-order valence-electron chi connectivity index (χ1n) is 11.7. The normalized spacial score (nSPS) is 13.7. The van der Waals surface area contributed by atoms with E-state index >= 15 is 0 Å². The zero-order chi connectivity index (χ0) is 28.8. The highest BCUT2D eigenvalue weighted by molar-refractivity contribution is 5.94. The second kappa shape index (κ2) is 15.7. The van der Waals surface area contributed by atoms with Crippen molar-refractivity contribution >= 4 is 35.6 Å². The molecule has 0 spiro atoms. The van der Waals surface area contributed by atoms with Crippen molar-refractivity contribution in [3.8, 4) is 5.75 Å². The molecule has 38 heavy (non-hydrogen) atoms. The van der Waals surface area contributed by atoms with Crippen LogP contribution in [0.25, 0.3) is 0 Å². The fraction of sp³-hybridized carbons (Fsp3) is 0.478. The number of rotatable bonds is 16. The summed E-state index contributed by atoms with van der Waals surface area (Å²) < 4.78 is 0. The minimum atomic E-state index is -1.28. The van der Waals surface area contributed by atoms with Crippen LogP contribution in [0.3, 0.4) is 0 Å². The van der Waals surface area contributed by atoms with Gasteiger partial charge in [0.15, 0.2) is 5.96 Å². The topological polar surface area (TPSA) is 273 Å². The molecule has 12 N–H and O–H groups in total. The third-order valence-electron chi connectivity index (χ3n) is 5.32. The average Bonchev–Trinajstić information content (AvgIpc) is 2.84. The van der Waals surface area contributed by atoms with Crippen molar-refractivity contribution in [2.45, 2.75) is 63.2 Å². The highest BCUT2D eigenvalue weighted by Crippen LogP contribution is 2.12. The number of carbonyl (C=O) groups is 5. The number of aliphatic imine (C=N–C) groups is 1. The number of nitrogens with zero attached hydrogens (tertiary/aromatic N) is 1. The number of nitrogens with two attached hydrogens (primary N) is 3. The van der Waals surface area contributed by atoms with Gasteiger partial charge in [-0.25, -0.2) is 0 Å². The number of carboxylic acid groups (broad SMARTS) is 2. The van der Waals surface area contributed by atoms with Gasteiger partial charge in [-0.1, -0.05) is 12.1 Å². The summed E-state index contributed by atoms with van der Waals surface area (Å²) in [6.45, 7) is 1.39. The Balaban J connectivity index is 3.10. The van der Waals surface area contributed by atoms with Gasteiger partial charge >= 0.3 is 11.9 Å². The van der Waals surface area contributed by atoms with Gasteiger partial charge in [0.05, 0.1) is 6.04 Å². The van der Waals surface area contributed by atoms with Crippen LogP contribution in [0.5, 0.6) is 5.75 Å². The zero-order valence-electron chi connectivity index (χ0n) is 20.9. The Bertz CT molecular complexity index is 1010. The number of guanidine groups is 1. The highest BCUT2D eigenvalue weighted by Gasteiger charge is 2.29. The van der Waals surface area contributed by atoms with Crippen LogP contribution in [0.2, 0.25) is 0 Å². The Labute approximate surface area is 218 Å². The summed E-state index contributed by atoms with van der Waals surface area (Å²) >= 11 is 0. The van der Waals surface area contributed by atoms with Gasteiger partial charge in [0.25, 0.3) is 0 Å². The van der Waals surface area contributed by atoms with E-state index < -0.39 is 53.8 Å². The molecule has 0 saturated carbocycles. The quantitative estimate of drug-likeness (QED) is 0.0616. The molecule has 0 aromatic heterocycles. The molecule has 0 heterocycles. The standard InChI is InChI=1S/C23H35N7O8/c1-12(22(37)38)28-21(36)17(11-13-4-6-14(31)7-5-13)30-20(35)16(3-2-10-27-23(25)26)29-19(34)15(24)8-9-18(32)33/h4-7,12,15-17,31H,2-3,8-11,24H2,1H3,(H,28,36)(H,29,34)(H,30,35)(H,32,33)(H,37,38)(H4,25,26,27). The summed E-state index contributed by atoms with van der Waals surface area (Å²) in [5.74, 6) is -4.93. The van der Waals surface area contributed by atoms with E-state index in [0.717, 1.165) is 0 Å². The summed E-state index contributed by atoms with van der Waals surface area (Å²) in [6.07, 6.45) is -0.281. The molecule has 15 heteroatoms. The molecule has 0 aliphatic carbocycles. The Morgan fingerprint density at radius 1 is 0.895 bits per heavy atom. The third kappa shape index (κ3) is 12.0. The van der Waals surface area contributed by atoms with E-state index in [1.807, 2.05) is 0 Å². The lowest BCUT2D eigenvalue weighted by molar-refractivity contribution is -0.142. The number of aromatic hydroxyl groups is 1. The smallest absolute Gasteiger partial charge is 0.325 e. The SMILES string of the molecule is CC(NC(=O)C(Cc1ccc(O)cc1)NC(=O)C(CCCN=C(N)N)NC(=O)C(N)CCC(=O)O)C(=O)O. The molecule has 1 aromatic carbocycles. The molecular formula is C23H35N7O8. The summed E-state index contributed by atoms with van der Waals surface area (Å²) in [4.78, 5) is 64.4. The van der Waals surface area contributed by atoms with E-state index in [-0.39, 0.29) is 50.4 Å². The van der Waals surface area contributed by atoms with Crippen LogP contribution in [0.15, 0.2) is 29.3 Å². The Morgan fingerprint density at radius 2 is 1.47 bits per heavy atom. The molecule has 0 bridgehead atoms. The molecule has 210 valence electrons. The van der Waals surface area contributed by atoms with Crippen molar-refractivity contribution in [2.75, 3.05) is 6.54 Å². The summed E-state index contributed by atoms with van der Waals surface area (Å²) in [7, 11) is 0. The van der Waals surface area contributed by atoms with Crippen LogP contribution < -0.4 is 33.2 Å². The maximum Gasteiger partial charge on any atom is 0.325 e. The number of phenolic OH excluding ortho intramolecular Hbond substituents is 1. The Hall–Kier alpha value is -4.40. The first kappa shape index (κ1) is 31.6. The number of aliphatic carboxylic acids is 2. The van der Waals surface area contributed by atoms with E-state index in [2.05, 4.69) is 20.9 Å². The van der Waals surface area contributed by atoms with Crippen molar-refractivity contribution in [2.24, 2.45) is 22.2 Å². The first-order valence-corrected chi connectivity index (χ1v) is 11.7. The van der Waals surface area contributed by atoms with Gasteiger partial charge in [-0.2, -0.15) is 0 Å². The molecule has 4 unspecified atom stereocenters. The number of hydrogen-bond donors (Lipinski definition) is 9. The first-order chi connectivity index (χ1) is 17.8. The second-order valence-corrected chi connectivity index (χ2v) is 8.55. The molecule has 1 rings (SSSR count). The van der Waals surface area contributed by atoms with Crippen LogP contribution in [0.1, 0.15) is 38.2 Å². The molecule has 3 amide bonds. The van der Waals surface area contributed by atoms with Crippen LogP contribution in [-0.4, -0.2) is 81.7 Å². The highest BCUT2D eigenvalue weighted by atomic mass is 16.4. The van der Waals surface area contributed by atoms with Crippen molar-refractivity contribution in [1.82, 2.24) is 16.0 Å². The van der Waals surface area contributed by atoms with Gasteiger partial charge < -0.3 is 48.5 Å². The fourth-order valence-corrected chi connectivity index (χ4v) is 3.19. The summed E-state index contributed by atoms with van der Waals surface area (Å²) in [5.41, 5.74) is 16.9. The Morgan fingerprint density at radius 3 is 2.03 bits per heavy atom. The average molecular weight is 538 g/mol. The molecule has 0 fully saturated rings. The van der Waals surface area contributed by atoms with Crippen molar-refractivity contribution in [1.29, 1.82) is 0 Å². The maximum atomic E-state index is 13.2. The number of carboxylic acids is 2. The predicted octanol–water partition coefficient (Wildman–Crippen LogP) is -2.26. The molecule has 15 nitrogen and oxygen atoms in total. The van der Waals surface area contributed by atoms with Crippen LogP contribution >= 0.6 is 0 Å². The monoisotopic (exact) mass is 537 g/mol. The number of nitrogens with one attached hydrogen (secondary N) is 3. The maximum absolute atomic E-state index is 13.2. The van der Waals surface area contributed by atoms with Crippen LogP contribution in [0, 0.1) is 0 Å². The number of benzene rings is 1. The van der Waals surface area contributed by atoms with Gasteiger partial charge in [0.1, 0.15) is 23.9 Å². The van der Waals surface area contributed by atoms with Crippen molar-refractivity contribution < 1.29 is 39.3 Å². The molecule has 4 atom stereocenters. The van der Waals surface area contributed by atoms with E-state index in [4.69, 9.17) is 27.4 Å². The minimum absolute atomic E-state index is 0.0129. The van der Waals surface area contributed by atoms with E-state index in [1.165, 1.54) is 31.2 Å². The lowest BCUT2D eigenvalue weighted by Crippen LogP contribution is -2.57. The third-order valence-corrected chi connectivity index (χ3v) is 5.32. The lowest BCUT2D eigenvalue weighted by atomic mass is 10.0. The molecule has 0 aliphatic heterocycles. The molecule has 0 aliphatic rings. The van der Waals surface area contributed by atoms with Gasteiger partial charge in [0, 0.05) is 19.4 Å². The predicted molar refractivity (Wildman–Crippen MR) is 136 cm³/mol. The van der Waals surface area contributed by atoms with Gasteiger partial charge in [-0.15, -0.1) is 0 Å².